The normalized spacial score (nSPS) is 11.1. The molecule has 0 aliphatic rings. The summed E-state index contributed by atoms with van der Waals surface area (Å²) in [5, 5.41) is 0. The Morgan fingerprint density at radius 2 is 1.36 bits per heavy atom. The second kappa shape index (κ2) is 4.85. The van der Waals surface area contributed by atoms with Crippen molar-refractivity contribution in [1.82, 2.24) is 0 Å². The summed E-state index contributed by atoms with van der Waals surface area (Å²) in [6, 6.07) is 6.46. The molecular formula is C12H17CoN. The molecule has 0 aliphatic carbocycles. The molecule has 1 aromatic rings. The summed E-state index contributed by atoms with van der Waals surface area (Å²) in [5.74, 6) is 1.09. The van der Waals surface area contributed by atoms with Crippen molar-refractivity contribution in [3.05, 3.63) is 29.3 Å². The fourth-order valence-electron chi connectivity index (χ4n) is 1.37. The van der Waals surface area contributed by atoms with Crippen molar-refractivity contribution in [2.75, 3.05) is 0 Å². The van der Waals surface area contributed by atoms with E-state index in [1.807, 2.05) is 0 Å². The molecule has 0 amide bonds. The van der Waals surface area contributed by atoms with Gasteiger partial charge >= 0.3 is 94.1 Å². The van der Waals surface area contributed by atoms with Crippen LogP contribution < -0.4 is 0 Å². The SMILES string of the molecule is CC(C)c1cc([N]=[Co])cc(C(C)C)c1. The van der Waals surface area contributed by atoms with Crippen LogP contribution in [0.1, 0.15) is 50.7 Å². The Kier molecular flexibility index (Phi) is 4.02. The molecule has 0 heterocycles. The fourth-order valence-corrected chi connectivity index (χ4v) is 1.50. The average molecular weight is 234 g/mol. The quantitative estimate of drug-likeness (QED) is 0.739. The van der Waals surface area contributed by atoms with Gasteiger partial charge in [-0.15, -0.1) is 0 Å². The maximum atomic E-state index is 4.01. The molecule has 1 aromatic carbocycles. The molecule has 79 valence electrons. The molecule has 0 saturated carbocycles. The predicted molar refractivity (Wildman–Crippen MR) is 56.7 cm³/mol. The monoisotopic (exact) mass is 234 g/mol. The number of nitrogens with zero attached hydrogens (tertiary/aromatic N) is 1. The first-order valence-electron chi connectivity index (χ1n) is 4.99. The zero-order chi connectivity index (χ0) is 10.7. The first-order chi connectivity index (χ1) is 6.54. The van der Waals surface area contributed by atoms with Gasteiger partial charge in [0.05, 0.1) is 0 Å². The molecule has 0 aliphatic heterocycles. The Bertz CT molecular complexity index is 303. The predicted octanol–water partition coefficient (Wildman–Crippen LogP) is 4.30. The minimum atomic E-state index is 0.543. The number of benzene rings is 1. The second-order valence-corrected chi connectivity index (χ2v) is 4.47. The topological polar surface area (TPSA) is 12.4 Å². The van der Waals surface area contributed by atoms with Crippen molar-refractivity contribution in [2.45, 2.75) is 39.5 Å². The molecule has 0 radical (unpaired) electrons. The van der Waals surface area contributed by atoms with Crippen molar-refractivity contribution in [2.24, 2.45) is 4.00 Å². The van der Waals surface area contributed by atoms with Crippen LogP contribution in [0.3, 0.4) is 0 Å². The Hall–Kier alpha value is -0.474. The Labute approximate surface area is 94.3 Å². The third-order valence-corrected chi connectivity index (χ3v) is 2.65. The van der Waals surface area contributed by atoms with Gasteiger partial charge in [0.15, 0.2) is 0 Å². The van der Waals surface area contributed by atoms with Gasteiger partial charge in [0.1, 0.15) is 0 Å². The molecule has 0 bridgehead atoms. The van der Waals surface area contributed by atoms with Crippen LogP contribution in [0.4, 0.5) is 5.69 Å². The van der Waals surface area contributed by atoms with E-state index >= 15 is 0 Å². The fraction of sp³-hybridized carbons (Fsp3) is 0.500. The molecule has 0 N–H and O–H groups in total. The van der Waals surface area contributed by atoms with E-state index in [-0.39, 0.29) is 0 Å². The van der Waals surface area contributed by atoms with Crippen LogP contribution in [0.15, 0.2) is 22.2 Å². The minimum absolute atomic E-state index is 0.543. The first-order valence-corrected chi connectivity index (χ1v) is 5.46. The van der Waals surface area contributed by atoms with E-state index in [2.05, 4.69) is 65.4 Å². The van der Waals surface area contributed by atoms with Gasteiger partial charge in [-0.2, -0.15) is 0 Å². The van der Waals surface area contributed by atoms with E-state index < -0.39 is 0 Å². The third-order valence-electron chi connectivity index (χ3n) is 2.38. The molecule has 0 saturated heterocycles. The van der Waals surface area contributed by atoms with Crippen LogP contribution in [-0.4, -0.2) is 0 Å². The summed E-state index contributed by atoms with van der Waals surface area (Å²) in [4.78, 5) is 0. The van der Waals surface area contributed by atoms with Gasteiger partial charge < -0.3 is 0 Å². The third kappa shape index (κ3) is 2.76. The molecule has 0 aromatic heterocycles. The van der Waals surface area contributed by atoms with Crippen LogP contribution in [0.25, 0.3) is 0 Å². The van der Waals surface area contributed by atoms with Gasteiger partial charge in [-0.3, -0.25) is 0 Å². The number of hydrogen-bond acceptors (Lipinski definition) is 1. The van der Waals surface area contributed by atoms with E-state index in [9.17, 15) is 0 Å². The molecule has 0 fully saturated rings. The summed E-state index contributed by atoms with van der Waals surface area (Å²) in [6.45, 7) is 8.78. The van der Waals surface area contributed by atoms with Crippen molar-refractivity contribution in [1.29, 1.82) is 0 Å². The number of rotatable bonds is 3. The van der Waals surface area contributed by atoms with Crippen molar-refractivity contribution in [3.63, 3.8) is 0 Å². The summed E-state index contributed by atoms with van der Waals surface area (Å²) < 4.78 is 3.94. The van der Waals surface area contributed by atoms with Crippen LogP contribution in [0, 0.1) is 0 Å². The molecule has 0 spiro atoms. The van der Waals surface area contributed by atoms with E-state index in [1.54, 1.807) is 0 Å². The van der Waals surface area contributed by atoms with E-state index in [0.29, 0.717) is 11.8 Å². The zero-order valence-corrected chi connectivity index (χ0v) is 10.2. The van der Waals surface area contributed by atoms with Gasteiger partial charge in [-0.25, -0.2) is 0 Å². The van der Waals surface area contributed by atoms with Crippen molar-refractivity contribution >= 4 is 5.69 Å². The molecule has 2 heteroatoms. The van der Waals surface area contributed by atoms with Gasteiger partial charge in [0.25, 0.3) is 0 Å². The van der Waals surface area contributed by atoms with Crippen LogP contribution >= 0.6 is 0 Å². The molecule has 14 heavy (non-hydrogen) atoms. The summed E-state index contributed by atoms with van der Waals surface area (Å²) in [5.41, 5.74) is 3.63. The second-order valence-electron chi connectivity index (χ2n) is 4.24. The number of hydrogen-bond donors (Lipinski definition) is 0. The average Bonchev–Trinajstić information content (AvgIpc) is 2.16. The van der Waals surface area contributed by atoms with Crippen molar-refractivity contribution in [3.8, 4) is 0 Å². The van der Waals surface area contributed by atoms with Gasteiger partial charge in [-0.1, -0.05) is 0 Å². The molecule has 1 nitrogen and oxygen atoms in total. The Morgan fingerprint density at radius 1 is 0.929 bits per heavy atom. The molecule has 0 atom stereocenters. The van der Waals surface area contributed by atoms with Crippen LogP contribution in [0.5, 0.6) is 0 Å². The zero-order valence-electron chi connectivity index (χ0n) is 9.17. The Morgan fingerprint density at radius 3 is 1.64 bits per heavy atom. The molecular weight excluding hydrogens is 217 g/mol. The van der Waals surface area contributed by atoms with E-state index in [4.69, 9.17) is 0 Å². The van der Waals surface area contributed by atoms with Gasteiger partial charge in [0.2, 0.25) is 0 Å². The standard InChI is InChI=1S/C12H17N.Co/c1-8(2)10-5-11(9(3)4)7-12(13)6-10;/h5-9H,1-4H3;. The van der Waals surface area contributed by atoms with Crippen LogP contribution in [0.2, 0.25) is 0 Å². The van der Waals surface area contributed by atoms with E-state index in [1.165, 1.54) is 11.1 Å². The molecule has 0 unspecified atom stereocenters. The van der Waals surface area contributed by atoms with Gasteiger partial charge in [-0.05, 0) is 0 Å². The van der Waals surface area contributed by atoms with Gasteiger partial charge in [0, 0.05) is 0 Å². The first kappa shape index (κ1) is 11.6. The maximum absolute atomic E-state index is 4.01. The van der Waals surface area contributed by atoms with E-state index in [0.717, 1.165) is 5.69 Å². The Balaban J connectivity index is 3.20. The van der Waals surface area contributed by atoms with Crippen LogP contribution in [-0.2, 0) is 15.5 Å². The summed E-state index contributed by atoms with van der Waals surface area (Å²) in [7, 11) is 0. The molecule has 1 rings (SSSR count). The summed E-state index contributed by atoms with van der Waals surface area (Å²) in [6.07, 6.45) is 0. The summed E-state index contributed by atoms with van der Waals surface area (Å²) >= 11 is 4.01. The van der Waals surface area contributed by atoms with Crippen molar-refractivity contribution < 1.29 is 15.5 Å².